The molecule has 1 N–H and O–H groups in total. The highest BCUT2D eigenvalue weighted by Gasteiger charge is 2.21. The van der Waals surface area contributed by atoms with E-state index in [0.717, 1.165) is 44.2 Å². The first-order valence-electron chi connectivity index (χ1n) is 7.74. The lowest BCUT2D eigenvalue weighted by Gasteiger charge is -2.38. The lowest BCUT2D eigenvalue weighted by atomic mass is 10.1. The Labute approximate surface area is 123 Å². The molecule has 1 saturated heterocycles. The fraction of sp³-hybridized carbons (Fsp3) is 0.688. The van der Waals surface area contributed by atoms with E-state index in [2.05, 4.69) is 55.1 Å². The minimum absolute atomic E-state index is 0.594. The Morgan fingerprint density at radius 2 is 2.15 bits per heavy atom. The summed E-state index contributed by atoms with van der Waals surface area (Å²) >= 11 is 0. The van der Waals surface area contributed by atoms with Crippen LogP contribution in [-0.4, -0.2) is 49.2 Å². The molecule has 1 aliphatic rings. The smallest absolute Gasteiger partial charge is 0.128 e. The van der Waals surface area contributed by atoms with E-state index in [-0.39, 0.29) is 0 Å². The van der Waals surface area contributed by atoms with Crippen LogP contribution in [0.15, 0.2) is 12.1 Å². The summed E-state index contributed by atoms with van der Waals surface area (Å²) in [7, 11) is 2.20. The topological polar surface area (TPSA) is 31.4 Å². The van der Waals surface area contributed by atoms with Crippen molar-refractivity contribution in [3.8, 4) is 0 Å². The van der Waals surface area contributed by atoms with Crippen LogP contribution in [0.25, 0.3) is 0 Å². The number of aryl methyl sites for hydroxylation is 1. The summed E-state index contributed by atoms with van der Waals surface area (Å²) in [6.45, 7) is 11.8. The number of hydrogen-bond donors (Lipinski definition) is 1. The maximum atomic E-state index is 4.80. The van der Waals surface area contributed by atoms with E-state index in [1.807, 2.05) is 0 Å². The van der Waals surface area contributed by atoms with Gasteiger partial charge >= 0.3 is 0 Å². The monoisotopic (exact) mass is 276 g/mol. The number of anilines is 1. The lowest BCUT2D eigenvalue weighted by molar-refractivity contribution is 0.233. The van der Waals surface area contributed by atoms with Gasteiger partial charge in [0.15, 0.2) is 0 Å². The number of hydrogen-bond acceptors (Lipinski definition) is 4. The normalized spacial score (nSPS) is 20.4. The molecular weight excluding hydrogens is 248 g/mol. The number of likely N-dealkylation sites (N-methyl/N-ethyl adjacent to an activating group) is 1. The molecule has 1 fully saturated rings. The predicted octanol–water partition coefficient (Wildman–Crippen LogP) is 2.03. The zero-order chi connectivity index (χ0) is 14.5. The Bertz CT molecular complexity index is 432. The second-order valence-electron chi connectivity index (χ2n) is 5.87. The molecule has 0 spiro atoms. The van der Waals surface area contributed by atoms with Crippen LogP contribution in [0.5, 0.6) is 0 Å². The SMILES string of the molecule is CCCNCc1ccc(N2CCN(C)C(C)C2)nc1C. The van der Waals surface area contributed by atoms with Crippen molar-refractivity contribution >= 4 is 5.82 Å². The maximum absolute atomic E-state index is 4.80. The standard InChI is InChI=1S/C16H28N4/c1-5-8-17-11-15-6-7-16(18-14(15)3)20-10-9-19(4)13(2)12-20/h6-7,13,17H,5,8-12H2,1-4H3. The zero-order valence-corrected chi connectivity index (χ0v) is 13.3. The fourth-order valence-corrected chi connectivity index (χ4v) is 2.60. The number of pyridine rings is 1. The average Bonchev–Trinajstić information content (AvgIpc) is 2.44. The van der Waals surface area contributed by atoms with Crippen LogP contribution in [0.1, 0.15) is 31.5 Å². The van der Waals surface area contributed by atoms with Crippen molar-refractivity contribution in [2.75, 3.05) is 38.1 Å². The molecular formula is C16H28N4. The highest BCUT2D eigenvalue weighted by molar-refractivity contribution is 5.42. The van der Waals surface area contributed by atoms with Gasteiger partial charge in [-0.2, -0.15) is 0 Å². The van der Waals surface area contributed by atoms with E-state index < -0.39 is 0 Å². The van der Waals surface area contributed by atoms with Gasteiger partial charge in [-0.3, -0.25) is 0 Å². The second-order valence-corrected chi connectivity index (χ2v) is 5.87. The minimum atomic E-state index is 0.594. The first-order valence-corrected chi connectivity index (χ1v) is 7.74. The third kappa shape index (κ3) is 3.70. The maximum Gasteiger partial charge on any atom is 0.128 e. The Morgan fingerprint density at radius 1 is 1.35 bits per heavy atom. The Morgan fingerprint density at radius 3 is 2.80 bits per heavy atom. The molecule has 0 radical (unpaired) electrons. The van der Waals surface area contributed by atoms with Crippen LogP contribution in [0.3, 0.4) is 0 Å². The number of rotatable bonds is 5. The Hall–Kier alpha value is -1.13. The summed E-state index contributed by atoms with van der Waals surface area (Å²) < 4.78 is 0. The third-order valence-electron chi connectivity index (χ3n) is 4.21. The van der Waals surface area contributed by atoms with Gasteiger partial charge in [-0.05, 0) is 45.5 Å². The van der Waals surface area contributed by atoms with Crippen molar-refractivity contribution < 1.29 is 0 Å². The molecule has 0 aliphatic carbocycles. The van der Waals surface area contributed by atoms with Gasteiger partial charge in [-0.1, -0.05) is 13.0 Å². The fourth-order valence-electron chi connectivity index (χ4n) is 2.60. The molecule has 0 bridgehead atoms. The molecule has 0 saturated carbocycles. The Kier molecular flexibility index (Phi) is 5.38. The lowest BCUT2D eigenvalue weighted by Crippen LogP contribution is -2.50. The highest BCUT2D eigenvalue weighted by Crippen LogP contribution is 2.18. The number of aromatic nitrogens is 1. The van der Waals surface area contributed by atoms with Gasteiger partial charge in [0.2, 0.25) is 0 Å². The molecule has 0 amide bonds. The van der Waals surface area contributed by atoms with Crippen LogP contribution < -0.4 is 10.2 Å². The minimum Gasteiger partial charge on any atom is -0.354 e. The van der Waals surface area contributed by atoms with Gasteiger partial charge < -0.3 is 15.1 Å². The Balaban J connectivity index is 2.01. The zero-order valence-electron chi connectivity index (χ0n) is 13.3. The van der Waals surface area contributed by atoms with Crippen molar-refractivity contribution in [3.05, 3.63) is 23.4 Å². The van der Waals surface area contributed by atoms with E-state index in [1.165, 1.54) is 12.0 Å². The quantitative estimate of drug-likeness (QED) is 0.834. The summed E-state index contributed by atoms with van der Waals surface area (Å²) in [4.78, 5) is 9.62. The van der Waals surface area contributed by atoms with Gasteiger partial charge in [-0.15, -0.1) is 0 Å². The van der Waals surface area contributed by atoms with E-state index in [1.54, 1.807) is 0 Å². The van der Waals surface area contributed by atoms with Gasteiger partial charge in [0.05, 0.1) is 0 Å². The third-order valence-corrected chi connectivity index (χ3v) is 4.21. The van der Waals surface area contributed by atoms with Crippen LogP contribution in [0.2, 0.25) is 0 Å². The van der Waals surface area contributed by atoms with Crippen molar-refractivity contribution in [1.82, 2.24) is 15.2 Å². The summed E-state index contributed by atoms with van der Waals surface area (Å²) in [6.07, 6.45) is 1.17. The molecule has 4 heteroatoms. The summed E-state index contributed by atoms with van der Waals surface area (Å²) in [5.74, 6) is 1.13. The van der Waals surface area contributed by atoms with Gasteiger partial charge in [0, 0.05) is 37.9 Å². The van der Waals surface area contributed by atoms with E-state index >= 15 is 0 Å². The first-order chi connectivity index (χ1) is 9.61. The van der Waals surface area contributed by atoms with Gasteiger partial charge in [-0.25, -0.2) is 4.98 Å². The van der Waals surface area contributed by atoms with E-state index in [0.29, 0.717) is 6.04 Å². The van der Waals surface area contributed by atoms with Crippen molar-refractivity contribution in [2.45, 2.75) is 39.8 Å². The van der Waals surface area contributed by atoms with Crippen LogP contribution >= 0.6 is 0 Å². The molecule has 1 atom stereocenters. The van der Waals surface area contributed by atoms with Gasteiger partial charge in [0.1, 0.15) is 5.82 Å². The second kappa shape index (κ2) is 7.04. The molecule has 112 valence electrons. The average molecular weight is 276 g/mol. The molecule has 1 unspecified atom stereocenters. The summed E-state index contributed by atoms with van der Waals surface area (Å²) in [5.41, 5.74) is 2.46. The van der Waals surface area contributed by atoms with Crippen LogP contribution in [0.4, 0.5) is 5.82 Å². The van der Waals surface area contributed by atoms with Crippen molar-refractivity contribution in [3.63, 3.8) is 0 Å². The van der Waals surface area contributed by atoms with E-state index in [4.69, 9.17) is 4.98 Å². The number of piperazine rings is 1. The molecule has 20 heavy (non-hydrogen) atoms. The molecule has 2 rings (SSSR count). The molecule has 4 nitrogen and oxygen atoms in total. The molecule has 2 heterocycles. The molecule has 1 aromatic rings. The highest BCUT2D eigenvalue weighted by atomic mass is 15.3. The van der Waals surface area contributed by atoms with Crippen molar-refractivity contribution in [1.29, 1.82) is 0 Å². The summed E-state index contributed by atoms with van der Waals surface area (Å²) in [6, 6.07) is 4.99. The number of nitrogens with zero attached hydrogens (tertiary/aromatic N) is 3. The first kappa shape index (κ1) is 15.3. The molecule has 1 aromatic heterocycles. The van der Waals surface area contributed by atoms with E-state index in [9.17, 15) is 0 Å². The van der Waals surface area contributed by atoms with Crippen LogP contribution in [0, 0.1) is 6.92 Å². The molecule has 0 aromatic carbocycles. The summed E-state index contributed by atoms with van der Waals surface area (Å²) in [5, 5.41) is 3.44. The molecule has 1 aliphatic heterocycles. The van der Waals surface area contributed by atoms with Crippen molar-refractivity contribution in [2.24, 2.45) is 0 Å². The van der Waals surface area contributed by atoms with Gasteiger partial charge in [0.25, 0.3) is 0 Å². The predicted molar refractivity (Wildman–Crippen MR) is 85.3 cm³/mol. The van der Waals surface area contributed by atoms with Crippen LogP contribution in [-0.2, 0) is 6.54 Å². The largest absolute Gasteiger partial charge is 0.354 e. The number of nitrogens with one attached hydrogen (secondary N) is 1.